The smallest absolute Gasteiger partial charge is 0.239 e. The van der Waals surface area contributed by atoms with Crippen molar-refractivity contribution in [3.63, 3.8) is 0 Å². The minimum Gasteiger partial charge on any atom is -0.497 e. The van der Waals surface area contributed by atoms with Crippen molar-refractivity contribution in [2.45, 2.75) is 26.4 Å². The standard InChI is InChI=1S/C21H26N2O3/c1-15-7-8-20-19(11-15)23(13-16(2)26-20)14-21(24)22-10-9-17-5-4-6-18(12-17)25-3/h4-8,11-12,16H,9-10,13-14H2,1-3H3,(H,22,24)/t16-/m0/s1. The maximum Gasteiger partial charge on any atom is 0.239 e. The SMILES string of the molecule is COc1cccc(CCNC(=O)CN2C[C@H](C)Oc3ccc(C)cc32)c1. The summed E-state index contributed by atoms with van der Waals surface area (Å²) in [6.45, 7) is 5.72. The van der Waals surface area contributed by atoms with E-state index in [1.807, 2.05) is 50.2 Å². The molecule has 0 saturated carbocycles. The molecule has 1 N–H and O–H groups in total. The summed E-state index contributed by atoms with van der Waals surface area (Å²) in [6, 6.07) is 14.0. The van der Waals surface area contributed by atoms with Gasteiger partial charge < -0.3 is 19.7 Å². The van der Waals surface area contributed by atoms with E-state index >= 15 is 0 Å². The zero-order chi connectivity index (χ0) is 18.5. The molecule has 0 fully saturated rings. The lowest BCUT2D eigenvalue weighted by atomic mass is 10.1. The number of ether oxygens (including phenoxy) is 2. The molecule has 0 saturated heterocycles. The highest BCUT2D eigenvalue weighted by molar-refractivity contribution is 5.82. The number of hydrogen-bond donors (Lipinski definition) is 1. The third-order valence-corrected chi connectivity index (χ3v) is 4.47. The average Bonchev–Trinajstić information content (AvgIpc) is 2.62. The molecule has 0 radical (unpaired) electrons. The van der Waals surface area contributed by atoms with E-state index < -0.39 is 0 Å². The minimum atomic E-state index is 0.0226. The fourth-order valence-corrected chi connectivity index (χ4v) is 3.19. The molecule has 2 aromatic rings. The summed E-state index contributed by atoms with van der Waals surface area (Å²) >= 11 is 0. The van der Waals surface area contributed by atoms with Crippen molar-refractivity contribution < 1.29 is 14.3 Å². The third-order valence-electron chi connectivity index (χ3n) is 4.47. The van der Waals surface area contributed by atoms with Crippen molar-refractivity contribution in [3.05, 3.63) is 53.6 Å². The molecule has 0 bridgehead atoms. The second kappa shape index (κ2) is 8.13. The Kier molecular flexibility index (Phi) is 5.66. The molecule has 1 amide bonds. The van der Waals surface area contributed by atoms with E-state index in [2.05, 4.69) is 16.3 Å². The molecule has 5 heteroatoms. The van der Waals surface area contributed by atoms with E-state index in [9.17, 15) is 4.79 Å². The van der Waals surface area contributed by atoms with Crippen LogP contribution in [0.15, 0.2) is 42.5 Å². The Morgan fingerprint density at radius 3 is 2.96 bits per heavy atom. The van der Waals surface area contributed by atoms with Gasteiger partial charge in [-0.3, -0.25) is 4.79 Å². The predicted octanol–water partition coefficient (Wildman–Crippen LogP) is 2.95. The van der Waals surface area contributed by atoms with Gasteiger partial charge in [0.2, 0.25) is 5.91 Å². The monoisotopic (exact) mass is 354 g/mol. The highest BCUT2D eigenvalue weighted by Gasteiger charge is 2.24. The van der Waals surface area contributed by atoms with E-state index in [0.717, 1.165) is 34.7 Å². The van der Waals surface area contributed by atoms with Gasteiger partial charge in [-0.25, -0.2) is 0 Å². The number of benzene rings is 2. The van der Waals surface area contributed by atoms with Crippen molar-refractivity contribution >= 4 is 11.6 Å². The minimum absolute atomic E-state index is 0.0226. The molecule has 1 aliphatic heterocycles. The largest absolute Gasteiger partial charge is 0.497 e. The number of nitrogens with one attached hydrogen (secondary N) is 1. The molecule has 26 heavy (non-hydrogen) atoms. The fourth-order valence-electron chi connectivity index (χ4n) is 3.19. The molecular formula is C21H26N2O3. The molecule has 0 unspecified atom stereocenters. The second-order valence-corrected chi connectivity index (χ2v) is 6.73. The zero-order valence-electron chi connectivity index (χ0n) is 15.6. The molecule has 2 aromatic carbocycles. The lowest BCUT2D eigenvalue weighted by Gasteiger charge is -2.34. The summed E-state index contributed by atoms with van der Waals surface area (Å²) in [5.74, 6) is 1.70. The van der Waals surface area contributed by atoms with Gasteiger partial charge in [0.05, 0.1) is 25.9 Å². The number of anilines is 1. The van der Waals surface area contributed by atoms with Crippen LogP contribution >= 0.6 is 0 Å². The molecule has 0 spiro atoms. The highest BCUT2D eigenvalue weighted by atomic mass is 16.5. The van der Waals surface area contributed by atoms with E-state index in [0.29, 0.717) is 19.6 Å². The molecule has 1 aliphatic rings. The van der Waals surface area contributed by atoms with Crippen molar-refractivity contribution in [2.24, 2.45) is 0 Å². The number of amides is 1. The van der Waals surface area contributed by atoms with Crippen molar-refractivity contribution in [1.29, 1.82) is 0 Å². The van der Waals surface area contributed by atoms with Crippen LogP contribution in [0.3, 0.4) is 0 Å². The van der Waals surface area contributed by atoms with Gasteiger partial charge >= 0.3 is 0 Å². The predicted molar refractivity (Wildman–Crippen MR) is 103 cm³/mol. The zero-order valence-corrected chi connectivity index (χ0v) is 15.6. The van der Waals surface area contributed by atoms with Gasteiger partial charge in [-0.15, -0.1) is 0 Å². The molecule has 0 aromatic heterocycles. The Morgan fingerprint density at radius 1 is 1.31 bits per heavy atom. The molecule has 3 rings (SSSR count). The van der Waals surface area contributed by atoms with E-state index in [1.165, 1.54) is 0 Å². The molecular weight excluding hydrogens is 328 g/mol. The number of rotatable bonds is 6. The van der Waals surface area contributed by atoms with Crippen molar-refractivity contribution in [3.8, 4) is 11.5 Å². The Labute approximate surface area is 154 Å². The average molecular weight is 354 g/mol. The maximum absolute atomic E-state index is 12.4. The number of aryl methyl sites for hydroxylation is 1. The van der Waals surface area contributed by atoms with Crippen LogP contribution in [0.1, 0.15) is 18.1 Å². The first kappa shape index (κ1) is 18.1. The fraction of sp³-hybridized carbons (Fsp3) is 0.381. The van der Waals surface area contributed by atoms with Crippen LogP contribution < -0.4 is 19.7 Å². The molecule has 1 atom stereocenters. The third kappa shape index (κ3) is 4.48. The lowest BCUT2D eigenvalue weighted by molar-refractivity contribution is -0.119. The van der Waals surface area contributed by atoms with Crippen LogP contribution in [-0.4, -0.2) is 38.8 Å². The Morgan fingerprint density at radius 2 is 2.15 bits per heavy atom. The first-order valence-corrected chi connectivity index (χ1v) is 8.97. The summed E-state index contributed by atoms with van der Waals surface area (Å²) in [6.07, 6.45) is 0.841. The number of hydrogen-bond acceptors (Lipinski definition) is 4. The molecule has 138 valence electrons. The highest BCUT2D eigenvalue weighted by Crippen LogP contribution is 2.33. The summed E-state index contributed by atoms with van der Waals surface area (Å²) in [5, 5.41) is 3.01. The van der Waals surface area contributed by atoms with Gasteiger partial charge in [0, 0.05) is 6.54 Å². The number of carbonyl (C=O) groups is 1. The maximum atomic E-state index is 12.4. The Bertz CT molecular complexity index is 776. The number of fused-ring (bicyclic) bond motifs is 1. The van der Waals surface area contributed by atoms with Crippen molar-refractivity contribution in [1.82, 2.24) is 5.32 Å². The number of carbonyl (C=O) groups excluding carboxylic acids is 1. The first-order valence-electron chi connectivity index (χ1n) is 8.97. The van der Waals surface area contributed by atoms with Crippen LogP contribution in [0.25, 0.3) is 0 Å². The van der Waals surface area contributed by atoms with Crippen LogP contribution in [0, 0.1) is 6.92 Å². The van der Waals surface area contributed by atoms with Gasteiger partial charge in [-0.1, -0.05) is 18.2 Å². The normalized spacial score (nSPS) is 15.8. The van der Waals surface area contributed by atoms with E-state index in [-0.39, 0.29) is 12.0 Å². The Balaban J connectivity index is 1.56. The topological polar surface area (TPSA) is 50.8 Å². The van der Waals surface area contributed by atoms with Gasteiger partial charge in [0.25, 0.3) is 0 Å². The second-order valence-electron chi connectivity index (χ2n) is 6.73. The van der Waals surface area contributed by atoms with Crippen LogP contribution in [0.5, 0.6) is 11.5 Å². The van der Waals surface area contributed by atoms with Crippen LogP contribution in [0.4, 0.5) is 5.69 Å². The summed E-state index contributed by atoms with van der Waals surface area (Å²) in [7, 11) is 1.66. The number of methoxy groups -OCH3 is 1. The lowest BCUT2D eigenvalue weighted by Crippen LogP contribution is -2.44. The first-order chi connectivity index (χ1) is 12.5. The van der Waals surface area contributed by atoms with E-state index in [4.69, 9.17) is 9.47 Å². The van der Waals surface area contributed by atoms with Gasteiger partial charge in [-0.2, -0.15) is 0 Å². The van der Waals surface area contributed by atoms with Crippen LogP contribution in [0.2, 0.25) is 0 Å². The van der Waals surface area contributed by atoms with Crippen LogP contribution in [-0.2, 0) is 11.2 Å². The van der Waals surface area contributed by atoms with Gasteiger partial charge in [0.15, 0.2) is 0 Å². The molecule has 5 nitrogen and oxygen atoms in total. The quantitative estimate of drug-likeness (QED) is 0.867. The molecule has 1 heterocycles. The number of nitrogens with zero attached hydrogens (tertiary/aromatic N) is 1. The molecule has 0 aliphatic carbocycles. The summed E-state index contributed by atoms with van der Waals surface area (Å²) < 4.78 is 11.1. The van der Waals surface area contributed by atoms with Gasteiger partial charge in [0.1, 0.15) is 17.6 Å². The summed E-state index contributed by atoms with van der Waals surface area (Å²) in [5.41, 5.74) is 3.29. The van der Waals surface area contributed by atoms with Gasteiger partial charge in [-0.05, 0) is 55.7 Å². The summed E-state index contributed by atoms with van der Waals surface area (Å²) in [4.78, 5) is 14.5. The van der Waals surface area contributed by atoms with Crippen molar-refractivity contribution in [2.75, 3.05) is 31.6 Å². The van der Waals surface area contributed by atoms with E-state index in [1.54, 1.807) is 7.11 Å². The Hall–Kier alpha value is -2.69.